The van der Waals surface area contributed by atoms with Crippen LogP contribution in [0.15, 0.2) is 194 Å². The van der Waals surface area contributed by atoms with Gasteiger partial charge < -0.3 is 0 Å². The average Bonchev–Trinajstić information content (AvgIpc) is 3.70. The molecule has 12 rings (SSSR count). The van der Waals surface area contributed by atoms with Crippen LogP contribution >= 0.6 is 11.3 Å². The summed E-state index contributed by atoms with van der Waals surface area (Å²) in [6.45, 7) is 0. The molecule has 0 spiro atoms. The van der Waals surface area contributed by atoms with Gasteiger partial charge in [0.05, 0.1) is 15.9 Å². The highest BCUT2D eigenvalue weighted by Crippen LogP contribution is 2.41. The minimum atomic E-state index is 0.621. The second-order valence-electron chi connectivity index (χ2n) is 15.0. The molecule has 4 nitrogen and oxygen atoms in total. The van der Waals surface area contributed by atoms with Gasteiger partial charge in [-0.2, -0.15) is 0 Å². The Hall–Kier alpha value is -7.60. The van der Waals surface area contributed by atoms with Crippen molar-refractivity contribution < 1.29 is 0 Å². The number of benzene rings is 9. The van der Waals surface area contributed by atoms with Crippen molar-refractivity contribution in [3.8, 4) is 56.5 Å². The maximum absolute atomic E-state index is 5.31. The highest BCUT2D eigenvalue weighted by atomic mass is 32.1. The topological polar surface area (TPSA) is 51.6 Å². The summed E-state index contributed by atoms with van der Waals surface area (Å²) in [7, 11) is 0. The molecular formula is C54H32N4S. The Morgan fingerprint density at radius 1 is 0.271 bits per heavy atom. The van der Waals surface area contributed by atoms with Crippen molar-refractivity contribution >= 4 is 74.7 Å². The van der Waals surface area contributed by atoms with E-state index in [1.165, 1.54) is 58.1 Å². The van der Waals surface area contributed by atoms with Crippen molar-refractivity contribution in [2.75, 3.05) is 0 Å². The summed E-state index contributed by atoms with van der Waals surface area (Å²) >= 11 is 1.81. The number of pyridine rings is 1. The molecule has 3 heterocycles. The Balaban J connectivity index is 0.936. The van der Waals surface area contributed by atoms with Crippen LogP contribution in [0.2, 0.25) is 0 Å². The summed E-state index contributed by atoms with van der Waals surface area (Å²) < 4.78 is 2.47. The molecule has 0 N–H and O–H groups in total. The summed E-state index contributed by atoms with van der Waals surface area (Å²) in [6.07, 6.45) is 0. The van der Waals surface area contributed by atoms with Crippen molar-refractivity contribution in [2.24, 2.45) is 0 Å². The van der Waals surface area contributed by atoms with E-state index >= 15 is 0 Å². The predicted octanol–water partition coefficient (Wildman–Crippen LogP) is 14.6. The van der Waals surface area contributed by atoms with Crippen LogP contribution in [-0.4, -0.2) is 19.9 Å². The molecule has 0 aliphatic rings. The van der Waals surface area contributed by atoms with Gasteiger partial charge in [-0.25, -0.2) is 19.9 Å². The predicted molar refractivity (Wildman–Crippen MR) is 248 cm³/mol. The fraction of sp³-hybridized carbons (Fsp3) is 0. The van der Waals surface area contributed by atoms with Gasteiger partial charge in [-0.1, -0.05) is 182 Å². The number of fused-ring (bicyclic) bond motifs is 11. The van der Waals surface area contributed by atoms with E-state index in [0.29, 0.717) is 17.5 Å². The minimum Gasteiger partial charge on any atom is -0.246 e. The van der Waals surface area contributed by atoms with E-state index in [-0.39, 0.29) is 0 Å². The Morgan fingerprint density at radius 3 is 1.31 bits per heavy atom. The molecule has 12 aromatic rings. The molecule has 0 aliphatic heterocycles. The van der Waals surface area contributed by atoms with Gasteiger partial charge in [-0.05, 0) is 55.6 Å². The number of hydrogen-bond donors (Lipinski definition) is 0. The first-order valence-corrected chi connectivity index (χ1v) is 20.6. The molecule has 9 aromatic carbocycles. The summed E-state index contributed by atoms with van der Waals surface area (Å²) in [5.41, 5.74) is 8.14. The van der Waals surface area contributed by atoms with Gasteiger partial charge in [0.2, 0.25) is 0 Å². The maximum atomic E-state index is 5.31. The second kappa shape index (κ2) is 13.5. The molecule has 0 fully saturated rings. The van der Waals surface area contributed by atoms with Crippen LogP contribution in [0.25, 0.3) is 120 Å². The van der Waals surface area contributed by atoms with E-state index in [4.69, 9.17) is 19.9 Å². The summed E-state index contributed by atoms with van der Waals surface area (Å²) in [4.78, 5) is 20.4. The number of hydrogen-bond acceptors (Lipinski definition) is 5. The average molecular weight is 769 g/mol. The molecule has 59 heavy (non-hydrogen) atoms. The van der Waals surface area contributed by atoms with Gasteiger partial charge in [-0.15, -0.1) is 11.3 Å². The first-order valence-electron chi connectivity index (χ1n) is 19.8. The third-order valence-corrected chi connectivity index (χ3v) is 12.7. The second-order valence-corrected chi connectivity index (χ2v) is 16.0. The first kappa shape index (κ1) is 33.5. The molecule has 274 valence electrons. The van der Waals surface area contributed by atoms with Gasteiger partial charge >= 0.3 is 0 Å². The van der Waals surface area contributed by atoms with E-state index < -0.39 is 0 Å². The zero-order valence-electron chi connectivity index (χ0n) is 31.7. The molecule has 0 radical (unpaired) electrons. The van der Waals surface area contributed by atoms with Gasteiger partial charge in [-0.3, -0.25) is 0 Å². The van der Waals surface area contributed by atoms with Crippen LogP contribution in [0.1, 0.15) is 0 Å². The van der Waals surface area contributed by atoms with Gasteiger partial charge in [0.15, 0.2) is 17.5 Å². The number of thiophene rings is 1. The van der Waals surface area contributed by atoms with Gasteiger partial charge in [0, 0.05) is 43.1 Å². The van der Waals surface area contributed by atoms with E-state index in [1.54, 1.807) is 0 Å². The molecule has 3 aromatic heterocycles. The van der Waals surface area contributed by atoms with Gasteiger partial charge in [0.25, 0.3) is 0 Å². The van der Waals surface area contributed by atoms with Crippen LogP contribution in [0.3, 0.4) is 0 Å². The number of nitrogens with zero attached hydrogens (tertiary/aromatic N) is 4. The van der Waals surface area contributed by atoms with E-state index in [2.05, 4.69) is 164 Å². The molecule has 5 heteroatoms. The maximum Gasteiger partial charge on any atom is 0.164 e. The lowest BCUT2D eigenvalue weighted by molar-refractivity contribution is 1.07. The number of aromatic nitrogens is 4. The monoisotopic (exact) mass is 768 g/mol. The fourth-order valence-electron chi connectivity index (χ4n) is 8.63. The molecule has 0 aliphatic carbocycles. The summed E-state index contributed by atoms with van der Waals surface area (Å²) in [5.74, 6) is 1.88. The lowest BCUT2D eigenvalue weighted by atomic mass is 9.92. The molecule has 0 saturated carbocycles. The van der Waals surface area contributed by atoms with Crippen LogP contribution in [0, 0.1) is 0 Å². The van der Waals surface area contributed by atoms with E-state index in [1.807, 2.05) is 41.7 Å². The smallest absolute Gasteiger partial charge is 0.164 e. The van der Waals surface area contributed by atoms with Crippen LogP contribution < -0.4 is 0 Å². The Kier molecular flexibility index (Phi) is 7.68. The molecule has 0 bridgehead atoms. The van der Waals surface area contributed by atoms with Crippen molar-refractivity contribution in [3.05, 3.63) is 194 Å². The standard InChI is InChI=1S/C54H32N4S/c1-2-12-35(13-3-1)52-56-53(36-26-22-33(23-27-36)38-30-31-43-41-16-5-4-14-39(41)40-15-6-7-17-42(40)47(43)32-38)58-54(57-52)37-28-24-34(25-29-37)49-44-18-8-9-19-45(44)51-50(55-49)46-20-10-11-21-48(46)59-51/h1-32H. The normalized spacial score (nSPS) is 11.7. The third-order valence-electron chi connectivity index (χ3n) is 11.5. The SMILES string of the molecule is c1ccc(-c2nc(-c3ccc(-c4ccc5c6ccccc6c6ccccc6c5c4)cc3)nc(-c3ccc(-c4nc5c6ccccc6sc5c5ccccc45)cc3)n2)cc1. The highest BCUT2D eigenvalue weighted by molar-refractivity contribution is 7.26. The van der Waals surface area contributed by atoms with Gasteiger partial charge in [0.1, 0.15) is 0 Å². The summed E-state index contributed by atoms with van der Waals surface area (Å²) in [5, 5.41) is 11.2. The summed E-state index contributed by atoms with van der Waals surface area (Å²) in [6, 6.07) is 68.6. The molecule has 0 saturated heterocycles. The molecule has 0 atom stereocenters. The number of rotatable bonds is 5. The Labute approximate surface area is 343 Å². The van der Waals surface area contributed by atoms with Crippen LogP contribution in [0.5, 0.6) is 0 Å². The zero-order chi connectivity index (χ0) is 38.9. The minimum absolute atomic E-state index is 0.621. The van der Waals surface area contributed by atoms with Crippen LogP contribution in [0.4, 0.5) is 0 Å². The quantitative estimate of drug-likeness (QED) is 0.164. The van der Waals surface area contributed by atoms with Crippen molar-refractivity contribution in [1.29, 1.82) is 0 Å². The highest BCUT2D eigenvalue weighted by Gasteiger charge is 2.17. The van der Waals surface area contributed by atoms with Crippen molar-refractivity contribution in [1.82, 2.24) is 19.9 Å². The first-order chi connectivity index (χ1) is 29.2. The molecular weight excluding hydrogens is 737 g/mol. The molecule has 0 amide bonds. The third kappa shape index (κ3) is 5.58. The van der Waals surface area contributed by atoms with Crippen LogP contribution in [-0.2, 0) is 0 Å². The lowest BCUT2D eigenvalue weighted by Crippen LogP contribution is -2.00. The largest absolute Gasteiger partial charge is 0.246 e. The lowest BCUT2D eigenvalue weighted by Gasteiger charge is -2.12. The van der Waals surface area contributed by atoms with Crippen molar-refractivity contribution in [3.63, 3.8) is 0 Å². The molecule has 0 unspecified atom stereocenters. The zero-order valence-corrected chi connectivity index (χ0v) is 32.5. The fourth-order valence-corrected chi connectivity index (χ4v) is 9.81. The Morgan fingerprint density at radius 2 is 0.695 bits per heavy atom. The Bertz CT molecular complexity index is 3560. The van der Waals surface area contributed by atoms with E-state index in [9.17, 15) is 0 Å². The van der Waals surface area contributed by atoms with E-state index in [0.717, 1.165) is 44.4 Å². The van der Waals surface area contributed by atoms with Crippen molar-refractivity contribution in [2.45, 2.75) is 0 Å².